The van der Waals surface area contributed by atoms with Crippen molar-refractivity contribution in [2.75, 3.05) is 13.7 Å². The fourth-order valence-corrected chi connectivity index (χ4v) is 4.55. The maximum Gasteiger partial charge on any atom is 0.191 e. The molecule has 0 bridgehead atoms. The van der Waals surface area contributed by atoms with Gasteiger partial charge in [0.05, 0.1) is 23.5 Å². The van der Waals surface area contributed by atoms with E-state index in [2.05, 4.69) is 26.1 Å². The van der Waals surface area contributed by atoms with E-state index in [1.165, 1.54) is 4.88 Å². The van der Waals surface area contributed by atoms with Gasteiger partial charge < -0.3 is 14.6 Å². The minimum Gasteiger partial charge on any atom is -0.376 e. The predicted molar refractivity (Wildman–Crippen MR) is 90.6 cm³/mol. The van der Waals surface area contributed by atoms with Gasteiger partial charge >= 0.3 is 0 Å². The van der Waals surface area contributed by atoms with Crippen LogP contribution in [-0.4, -0.2) is 34.5 Å². The summed E-state index contributed by atoms with van der Waals surface area (Å²) in [5.74, 6) is 1.82. The van der Waals surface area contributed by atoms with Gasteiger partial charge in [-0.2, -0.15) is 0 Å². The molecule has 120 valence electrons. The Morgan fingerprint density at radius 3 is 3.09 bits per heavy atom. The quantitative estimate of drug-likeness (QED) is 0.770. The van der Waals surface area contributed by atoms with Gasteiger partial charge in [0.25, 0.3) is 0 Å². The van der Waals surface area contributed by atoms with E-state index in [4.69, 9.17) is 16.3 Å². The molecule has 8 heteroatoms. The fourth-order valence-electron chi connectivity index (χ4n) is 2.45. The van der Waals surface area contributed by atoms with Crippen LogP contribution in [0.1, 0.15) is 23.5 Å². The molecule has 3 heterocycles. The third-order valence-corrected chi connectivity index (χ3v) is 5.94. The summed E-state index contributed by atoms with van der Waals surface area (Å²) in [4.78, 5) is 1.25. The molecule has 0 radical (unpaired) electrons. The van der Waals surface area contributed by atoms with Crippen molar-refractivity contribution in [1.29, 1.82) is 0 Å². The molecular weight excluding hydrogens is 340 g/mol. The molecule has 1 aliphatic heterocycles. The lowest BCUT2D eigenvalue weighted by Crippen LogP contribution is -2.20. The monoisotopic (exact) mass is 358 g/mol. The van der Waals surface area contributed by atoms with Gasteiger partial charge in [-0.1, -0.05) is 23.4 Å². The van der Waals surface area contributed by atoms with Crippen LogP contribution in [0.4, 0.5) is 0 Å². The van der Waals surface area contributed by atoms with Crippen molar-refractivity contribution in [2.45, 2.75) is 42.9 Å². The van der Waals surface area contributed by atoms with Gasteiger partial charge in [-0.05, 0) is 32.0 Å². The molecule has 2 aromatic heterocycles. The Morgan fingerprint density at radius 2 is 2.41 bits per heavy atom. The van der Waals surface area contributed by atoms with Crippen LogP contribution >= 0.6 is 34.7 Å². The Balaban J connectivity index is 1.71. The molecule has 0 aromatic carbocycles. The topological polar surface area (TPSA) is 52.0 Å². The number of rotatable bonds is 7. The minimum absolute atomic E-state index is 0.280. The minimum atomic E-state index is 0.280. The second-order valence-electron chi connectivity index (χ2n) is 5.17. The van der Waals surface area contributed by atoms with Gasteiger partial charge in [0, 0.05) is 17.2 Å². The van der Waals surface area contributed by atoms with Crippen LogP contribution in [0, 0.1) is 0 Å². The smallest absolute Gasteiger partial charge is 0.191 e. The number of ether oxygens (including phenoxy) is 1. The highest BCUT2D eigenvalue weighted by molar-refractivity contribution is 7.98. The number of nitrogens with zero attached hydrogens (tertiary/aromatic N) is 3. The molecule has 1 N–H and O–H groups in total. The van der Waals surface area contributed by atoms with Gasteiger partial charge in [-0.15, -0.1) is 21.5 Å². The van der Waals surface area contributed by atoms with E-state index < -0.39 is 0 Å². The first-order valence-corrected chi connectivity index (χ1v) is 9.49. The van der Waals surface area contributed by atoms with Crippen LogP contribution in [0.3, 0.4) is 0 Å². The lowest BCUT2D eigenvalue weighted by Gasteiger charge is -2.14. The number of thiophene rings is 1. The molecule has 1 saturated heterocycles. The van der Waals surface area contributed by atoms with Crippen molar-refractivity contribution in [3.8, 4) is 0 Å². The van der Waals surface area contributed by atoms with Crippen LogP contribution < -0.4 is 5.32 Å². The molecule has 0 aliphatic carbocycles. The lowest BCUT2D eigenvalue weighted by atomic mass is 10.2. The molecule has 0 spiro atoms. The highest BCUT2D eigenvalue weighted by Gasteiger charge is 2.20. The van der Waals surface area contributed by atoms with E-state index in [0.717, 1.165) is 47.1 Å². The zero-order valence-corrected chi connectivity index (χ0v) is 14.8. The number of hydrogen-bond acceptors (Lipinski definition) is 6. The average molecular weight is 359 g/mol. The average Bonchev–Trinajstić information content (AvgIpc) is 3.22. The molecule has 0 amide bonds. The van der Waals surface area contributed by atoms with E-state index in [-0.39, 0.29) is 6.10 Å². The number of thioether (sulfide) groups is 1. The molecule has 5 nitrogen and oxygen atoms in total. The molecule has 2 aromatic rings. The SMILES string of the molecule is CNCc1nnc(SCc2ccc(Cl)s2)n1C[C@@H]1CCCO1. The maximum atomic E-state index is 5.98. The third kappa shape index (κ3) is 4.02. The normalized spacial score (nSPS) is 18.2. The van der Waals surface area contributed by atoms with Crippen molar-refractivity contribution in [3.63, 3.8) is 0 Å². The van der Waals surface area contributed by atoms with Crippen molar-refractivity contribution in [1.82, 2.24) is 20.1 Å². The number of aromatic nitrogens is 3. The predicted octanol–water partition coefficient (Wildman–Crippen LogP) is 3.18. The lowest BCUT2D eigenvalue weighted by molar-refractivity contribution is 0.0941. The summed E-state index contributed by atoms with van der Waals surface area (Å²) in [5, 5.41) is 12.8. The number of hydrogen-bond donors (Lipinski definition) is 1. The Labute approximate surface area is 143 Å². The molecule has 1 fully saturated rings. The van der Waals surface area contributed by atoms with Crippen molar-refractivity contribution in [2.24, 2.45) is 0 Å². The zero-order valence-electron chi connectivity index (χ0n) is 12.4. The first kappa shape index (κ1) is 16.3. The van der Waals surface area contributed by atoms with E-state index in [1.807, 2.05) is 13.1 Å². The number of halogens is 1. The second kappa shape index (κ2) is 7.79. The van der Waals surface area contributed by atoms with Gasteiger partial charge in [0.1, 0.15) is 5.82 Å². The highest BCUT2D eigenvalue weighted by atomic mass is 35.5. The van der Waals surface area contributed by atoms with Crippen LogP contribution in [0.5, 0.6) is 0 Å². The highest BCUT2D eigenvalue weighted by Crippen LogP contribution is 2.29. The third-order valence-electron chi connectivity index (χ3n) is 3.51. The molecular formula is C14H19ClN4OS2. The van der Waals surface area contributed by atoms with Gasteiger partial charge in [-0.25, -0.2) is 0 Å². The standard InChI is InChI=1S/C14H19ClN4OS2/c1-16-7-13-17-18-14(19(13)8-10-3-2-6-20-10)21-9-11-4-5-12(15)22-11/h4-5,10,16H,2-3,6-9H2,1H3/t10-/m0/s1. The zero-order chi connectivity index (χ0) is 15.4. The molecule has 1 atom stereocenters. The summed E-state index contributed by atoms with van der Waals surface area (Å²) in [6.45, 7) is 2.41. The van der Waals surface area contributed by atoms with E-state index in [0.29, 0.717) is 6.54 Å². The largest absolute Gasteiger partial charge is 0.376 e. The molecule has 22 heavy (non-hydrogen) atoms. The van der Waals surface area contributed by atoms with E-state index in [9.17, 15) is 0 Å². The van der Waals surface area contributed by atoms with E-state index >= 15 is 0 Å². The first-order chi connectivity index (χ1) is 10.8. The fraction of sp³-hybridized carbons (Fsp3) is 0.571. The van der Waals surface area contributed by atoms with Crippen LogP contribution in [0.15, 0.2) is 17.3 Å². The summed E-state index contributed by atoms with van der Waals surface area (Å²) in [6, 6.07) is 4.00. The molecule has 0 saturated carbocycles. The Kier molecular flexibility index (Phi) is 5.76. The van der Waals surface area contributed by atoms with E-state index in [1.54, 1.807) is 23.1 Å². The summed E-state index contributed by atoms with van der Waals surface area (Å²) < 4.78 is 8.77. The van der Waals surface area contributed by atoms with Gasteiger partial charge in [0.2, 0.25) is 0 Å². The Bertz CT molecular complexity index is 610. The Hall–Kier alpha value is -0.600. The summed E-state index contributed by atoms with van der Waals surface area (Å²) >= 11 is 9.30. The van der Waals surface area contributed by atoms with Crippen molar-refractivity contribution in [3.05, 3.63) is 27.2 Å². The van der Waals surface area contributed by atoms with Crippen molar-refractivity contribution >= 4 is 34.7 Å². The van der Waals surface area contributed by atoms with Crippen LogP contribution in [-0.2, 0) is 23.6 Å². The second-order valence-corrected chi connectivity index (χ2v) is 7.91. The Morgan fingerprint density at radius 1 is 1.50 bits per heavy atom. The van der Waals surface area contributed by atoms with Crippen LogP contribution in [0.2, 0.25) is 4.34 Å². The van der Waals surface area contributed by atoms with Gasteiger partial charge in [-0.3, -0.25) is 0 Å². The first-order valence-electron chi connectivity index (χ1n) is 7.31. The van der Waals surface area contributed by atoms with Gasteiger partial charge in [0.15, 0.2) is 5.16 Å². The summed E-state index contributed by atoms with van der Waals surface area (Å²) in [6.07, 6.45) is 2.54. The number of nitrogens with one attached hydrogen (secondary N) is 1. The molecule has 1 aliphatic rings. The summed E-state index contributed by atoms with van der Waals surface area (Å²) in [7, 11) is 1.92. The maximum absolute atomic E-state index is 5.98. The molecule has 0 unspecified atom stereocenters. The van der Waals surface area contributed by atoms with Crippen molar-refractivity contribution < 1.29 is 4.74 Å². The summed E-state index contributed by atoms with van der Waals surface area (Å²) in [5.41, 5.74) is 0. The van der Waals surface area contributed by atoms with Crippen LogP contribution in [0.25, 0.3) is 0 Å². The molecule has 3 rings (SSSR count).